The van der Waals surface area contributed by atoms with Gasteiger partial charge in [-0.2, -0.15) is 0 Å². The zero-order chi connectivity index (χ0) is 24.3. The highest BCUT2D eigenvalue weighted by atomic mass is 16.5. The van der Waals surface area contributed by atoms with E-state index in [1.807, 2.05) is 48.6 Å². The lowest BCUT2D eigenvalue weighted by atomic mass is 9.62. The zero-order valence-electron chi connectivity index (χ0n) is 20.3. The van der Waals surface area contributed by atoms with Gasteiger partial charge in [-0.25, -0.2) is 4.79 Å². The minimum atomic E-state index is -0.944. The summed E-state index contributed by atoms with van der Waals surface area (Å²) in [6.45, 7) is 2.29. The average Bonchev–Trinajstić information content (AvgIpc) is 2.80. The summed E-state index contributed by atoms with van der Waals surface area (Å²) >= 11 is 0. The topological polar surface area (TPSA) is 66.8 Å². The van der Waals surface area contributed by atoms with E-state index in [1.165, 1.54) is 18.4 Å². The van der Waals surface area contributed by atoms with Gasteiger partial charge in [0.2, 0.25) is 0 Å². The van der Waals surface area contributed by atoms with Gasteiger partial charge in [-0.1, -0.05) is 85.8 Å². The number of hydrogen-bond acceptors (Lipinski definition) is 3. The molecule has 2 fully saturated rings. The van der Waals surface area contributed by atoms with E-state index in [0.29, 0.717) is 6.61 Å². The summed E-state index contributed by atoms with van der Waals surface area (Å²) in [6, 6.07) is 10.0. The van der Waals surface area contributed by atoms with Gasteiger partial charge in [0.05, 0.1) is 12.7 Å². The molecule has 1 aromatic rings. The summed E-state index contributed by atoms with van der Waals surface area (Å²) < 4.78 is 5.21. The molecule has 1 aromatic carbocycles. The van der Waals surface area contributed by atoms with Crippen LogP contribution in [0.15, 0.2) is 66.3 Å². The van der Waals surface area contributed by atoms with E-state index in [0.717, 1.165) is 50.5 Å². The Bertz CT molecular complexity index is 943. The summed E-state index contributed by atoms with van der Waals surface area (Å²) in [4.78, 5) is 10.6. The fourth-order valence-electron chi connectivity index (χ4n) is 5.05. The molecule has 2 saturated carbocycles. The average molecular weight is 463 g/mol. The first kappa shape index (κ1) is 26.0. The fourth-order valence-corrected chi connectivity index (χ4v) is 5.05. The number of ether oxygens (including phenoxy) is 1. The van der Waals surface area contributed by atoms with Crippen molar-refractivity contribution in [3.63, 3.8) is 0 Å². The molecule has 2 atom stereocenters. The molecule has 1 unspecified atom stereocenters. The Hall–Kier alpha value is -2.61. The van der Waals surface area contributed by atoms with E-state index in [-0.39, 0.29) is 17.4 Å². The monoisotopic (exact) mass is 462 g/mol. The molecule has 0 aliphatic heterocycles. The molecule has 2 N–H and O–H groups in total. The van der Waals surface area contributed by atoms with Gasteiger partial charge in [-0.15, -0.1) is 0 Å². The van der Waals surface area contributed by atoms with Gasteiger partial charge in [-0.05, 0) is 50.7 Å². The van der Waals surface area contributed by atoms with E-state index < -0.39 is 12.1 Å². The summed E-state index contributed by atoms with van der Waals surface area (Å²) in [7, 11) is 0. The molecule has 4 nitrogen and oxygen atoms in total. The molecular formula is C30H38O4. The van der Waals surface area contributed by atoms with Crippen LogP contribution < -0.4 is 0 Å². The Morgan fingerprint density at radius 1 is 1.15 bits per heavy atom. The van der Waals surface area contributed by atoms with Crippen LogP contribution in [-0.4, -0.2) is 35.5 Å². The van der Waals surface area contributed by atoms with E-state index >= 15 is 0 Å². The van der Waals surface area contributed by atoms with Crippen LogP contribution in [0.25, 0.3) is 0 Å². The SMILES string of the molecule is C[C@@]1(/C=C/C=C/C(O)C2(CCC#Cc3ccccc3)CCC2)CCCC/C1=C\COCC(=O)O. The summed E-state index contributed by atoms with van der Waals surface area (Å²) in [6.07, 6.45) is 19.2. The van der Waals surface area contributed by atoms with Crippen molar-refractivity contribution in [3.8, 4) is 11.8 Å². The maximum Gasteiger partial charge on any atom is 0.329 e. The molecule has 182 valence electrons. The highest BCUT2D eigenvalue weighted by molar-refractivity contribution is 5.68. The third-order valence-corrected chi connectivity index (χ3v) is 7.40. The van der Waals surface area contributed by atoms with Crippen LogP contribution in [0.4, 0.5) is 0 Å². The zero-order valence-corrected chi connectivity index (χ0v) is 20.3. The van der Waals surface area contributed by atoms with E-state index in [2.05, 4.69) is 30.9 Å². The van der Waals surface area contributed by atoms with Crippen molar-refractivity contribution < 1.29 is 19.7 Å². The number of aliphatic carboxylic acids is 1. The van der Waals surface area contributed by atoms with Crippen LogP contribution in [0.2, 0.25) is 0 Å². The maximum absolute atomic E-state index is 10.9. The van der Waals surface area contributed by atoms with Gasteiger partial charge in [0.1, 0.15) is 6.61 Å². The lowest BCUT2D eigenvalue weighted by molar-refractivity contribution is -0.141. The van der Waals surface area contributed by atoms with Crippen LogP contribution in [0.3, 0.4) is 0 Å². The number of rotatable bonds is 10. The van der Waals surface area contributed by atoms with Crippen molar-refractivity contribution in [1.82, 2.24) is 0 Å². The highest BCUT2D eigenvalue weighted by Crippen LogP contribution is 2.48. The van der Waals surface area contributed by atoms with E-state index in [4.69, 9.17) is 9.84 Å². The minimum absolute atomic E-state index is 0.0447. The van der Waals surface area contributed by atoms with Crippen molar-refractivity contribution in [1.29, 1.82) is 0 Å². The number of aliphatic hydroxyl groups excluding tert-OH is 1. The first-order valence-corrected chi connectivity index (χ1v) is 12.5. The van der Waals surface area contributed by atoms with Gasteiger partial charge in [0.25, 0.3) is 0 Å². The van der Waals surface area contributed by atoms with Gasteiger partial charge >= 0.3 is 5.97 Å². The predicted molar refractivity (Wildman–Crippen MR) is 136 cm³/mol. The molecule has 3 rings (SSSR count). The number of allylic oxidation sites excluding steroid dienone is 4. The van der Waals surface area contributed by atoms with Crippen LogP contribution in [0.1, 0.15) is 70.3 Å². The smallest absolute Gasteiger partial charge is 0.329 e. The number of benzene rings is 1. The fraction of sp³-hybridized carbons (Fsp3) is 0.500. The Balaban J connectivity index is 1.54. The Kier molecular flexibility index (Phi) is 9.74. The molecule has 34 heavy (non-hydrogen) atoms. The van der Waals surface area contributed by atoms with Gasteiger partial charge < -0.3 is 14.9 Å². The Morgan fingerprint density at radius 3 is 2.65 bits per heavy atom. The summed E-state index contributed by atoms with van der Waals surface area (Å²) in [5.41, 5.74) is 2.24. The van der Waals surface area contributed by atoms with Gasteiger partial charge in [0, 0.05) is 22.8 Å². The largest absolute Gasteiger partial charge is 0.480 e. The lowest BCUT2D eigenvalue weighted by Crippen LogP contribution is -2.40. The number of hydrogen-bond donors (Lipinski definition) is 2. The molecule has 0 heterocycles. The summed E-state index contributed by atoms with van der Waals surface area (Å²) in [5.74, 6) is 5.56. The molecule has 0 amide bonds. The van der Waals surface area contributed by atoms with Crippen LogP contribution >= 0.6 is 0 Å². The number of carboxylic acids is 1. The van der Waals surface area contributed by atoms with Crippen molar-refractivity contribution in [3.05, 3.63) is 71.8 Å². The maximum atomic E-state index is 10.9. The second kappa shape index (κ2) is 12.7. The first-order chi connectivity index (χ1) is 16.4. The molecule has 0 spiro atoms. The standard InChI is InChI=1S/C30H38O4/c1-29(18-8-6-15-26(29)17-23-34-24-28(32)33)19-9-7-16-27(31)30(21-11-22-30)20-10-5-14-25-12-3-2-4-13-25/h2-4,7,9,12-13,16-17,19,27,31H,6,8,10-11,15,18,20-24H2,1H3,(H,32,33)/b16-7+,19-9+,26-17+/t27?,29-/m0/s1. The predicted octanol–water partition coefficient (Wildman–Crippen LogP) is 6.07. The molecular weight excluding hydrogens is 424 g/mol. The normalized spacial score (nSPS) is 24.0. The second-order valence-electron chi connectivity index (χ2n) is 9.84. The second-order valence-corrected chi connectivity index (χ2v) is 9.84. The summed E-state index contributed by atoms with van der Waals surface area (Å²) in [5, 5.41) is 19.7. The van der Waals surface area contributed by atoms with Crippen molar-refractivity contribution in [2.75, 3.05) is 13.2 Å². The molecule has 4 heteroatoms. The number of carbonyl (C=O) groups is 1. The van der Waals surface area contributed by atoms with E-state index in [9.17, 15) is 9.90 Å². The first-order valence-electron chi connectivity index (χ1n) is 12.5. The molecule has 2 aliphatic rings. The molecule has 2 aliphatic carbocycles. The van der Waals surface area contributed by atoms with Gasteiger partial charge in [-0.3, -0.25) is 0 Å². The Morgan fingerprint density at radius 2 is 1.94 bits per heavy atom. The number of carboxylic acid groups (broad SMARTS) is 1. The van der Waals surface area contributed by atoms with E-state index in [1.54, 1.807) is 0 Å². The third-order valence-electron chi connectivity index (χ3n) is 7.40. The highest BCUT2D eigenvalue weighted by Gasteiger charge is 2.41. The minimum Gasteiger partial charge on any atom is -0.480 e. The quantitative estimate of drug-likeness (QED) is 0.192. The van der Waals surface area contributed by atoms with Gasteiger partial charge in [0.15, 0.2) is 0 Å². The van der Waals surface area contributed by atoms with Crippen molar-refractivity contribution >= 4 is 5.97 Å². The van der Waals surface area contributed by atoms with Crippen LogP contribution in [0, 0.1) is 22.7 Å². The Labute approximate surface area is 204 Å². The number of aliphatic hydroxyl groups is 1. The lowest BCUT2D eigenvalue weighted by Gasteiger charge is -2.44. The van der Waals surface area contributed by atoms with Crippen LogP contribution in [-0.2, 0) is 9.53 Å². The third kappa shape index (κ3) is 7.45. The van der Waals surface area contributed by atoms with Crippen molar-refractivity contribution in [2.45, 2.75) is 70.8 Å². The molecule has 0 radical (unpaired) electrons. The molecule has 0 bridgehead atoms. The van der Waals surface area contributed by atoms with Crippen molar-refractivity contribution in [2.24, 2.45) is 10.8 Å². The van der Waals surface area contributed by atoms with Crippen LogP contribution in [0.5, 0.6) is 0 Å². The molecule has 0 saturated heterocycles. The molecule has 0 aromatic heterocycles.